The monoisotopic (exact) mass is 857 g/mol. The molecular formula is C45H31F12N3O. The third kappa shape index (κ3) is 7.01. The zero-order chi connectivity index (χ0) is 43.5. The van der Waals surface area contributed by atoms with Crippen LogP contribution >= 0.6 is 0 Å². The Labute approximate surface area is 339 Å². The number of nitrogens with one attached hydrogen (secondary N) is 1. The third-order valence-electron chi connectivity index (χ3n) is 12.1. The molecule has 3 aliphatic rings. The first-order valence-corrected chi connectivity index (χ1v) is 18.9. The number of fused-ring (bicyclic) bond motifs is 8. The van der Waals surface area contributed by atoms with Crippen LogP contribution in [0.2, 0.25) is 0 Å². The molecular weight excluding hydrogens is 826 g/mol. The molecule has 16 heteroatoms. The van der Waals surface area contributed by atoms with Gasteiger partial charge in [-0.3, -0.25) is 4.99 Å². The normalized spacial score (nSPS) is 18.1. The molecule has 2 N–H and O–H groups in total. The molecule has 6 aromatic carbocycles. The molecule has 1 aliphatic carbocycles. The number of halogens is 12. The predicted octanol–water partition coefficient (Wildman–Crippen LogP) is 11.4. The van der Waals surface area contributed by atoms with Crippen molar-refractivity contribution in [3.05, 3.63) is 154 Å². The number of hydrogen-bond donors (Lipinski definition) is 2. The van der Waals surface area contributed by atoms with Crippen LogP contribution in [-0.2, 0) is 43.1 Å². The minimum atomic E-state index is -5.47. The smallest absolute Gasteiger partial charge is 0.378 e. The highest BCUT2D eigenvalue weighted by Crippen LogP contribution is 2.50. The van der Waals surface area contributed by atoms with Gasteiger partial charge in [-0.05, 0) is 104 Å². The van der Waals surface area contributed by atoms with Gasteiger partial charge in [0.15, 0.2) is 5.96 Å². The van der Waals surface area contributed by atoms with Gasteiger partial charge < -0.3 is 15.3 Å². The minimum Gasteiger partial charge on any atom is -0.378 e. The first-order valence-electron chi connectivity index (χ1n) is 18.9. The van der Waals surface area contributed by atoms with Crippen molar-refractivity contribution in [3.8, 4) is 11.1 Å². The zero-order valence-electron chi connectivity index (χ0n) is 31.4. The molecule has 0 radical (unpaired) electrons. The Bertz CT molecular complexity index is 2540. The fourth-order valence-corrected chi connectivity index (χ4v) is 9.35. The van der Waals surface area contributed by atoms with Crippen LogP contribution in [0.3, 0.4) is 0 Å². The van der Waals surface area contributed by atoms with Gasteiger partial charge in [-0.2, -0.15) is 52.7 Å². The van der Waals surface area contributed by atoms with Gasteiger partial charge in [0.25, 0.3) is 0 Å². The van der Waals surface area contributed by atoms with E-state index in [4.69, 9.17) is 4.99 Å². The Balaban J connectivity index is 1.19. The second kappa shape index (κ2) is 13.6. The van der Waals surface area contributed by atoms with E-state index in [-0.39, 0.29) is 55.4 Å². The van der Waals surface area contributed by atoms with E-state index in [1.165, 1.54) is 0 Å². The van der Waals surface area contributed by atoms with Crippen LogP contribution in [0, 0.1) is 5.41 Å². The summed E-state index contributed by atoms with van der Waals surface area (Å²) in [5, 5.41) is 19.4. The molecule has 0 saturated carbocycles. The largest absolute Gasteiger partial charge is 0.416 e. The van der Waals surface area contributed by atoms with Gasteiger partial charge in [0.05, 0.1) is 34.8 Å². The second-order valence-corrected chi connectivity index (χ2v) is 16.1. The van der Waals surface area contributed by atoms with Gasteiger partial charge in [0, 0.05) is 18.5 Å². The van der Waals surface area contributed by atoms with Crippen molar-refractivity contribution < 1.29 is 57.8 Å². The van der Waals surface area contributed by atoms with Crippen LogP contribution < -0.4 is 5.32 Å². The maximum Gasteiger partial charge on any atom is 0.416 e. The number of hydrogen-bond acceptors (Lipinski definition) is 4. The zero-order valence-corrected chi connectivity index (χ0v) is 31.4. The van der Waals surface area contributed by atoms with Crippen molar-refractivity contribution in [1.82, 2.24) is 10.2 Å². The van der Waals surface area contributed by atoms with E-state index in [1.807, 2.05) is 72.8 Å². The minimum absolute atomic E-state index is 0.0156. The summed E-state index contributed by atoms with van der Waals surface area (Å²) in [5.41, 5.74) is -10.3. The number of alkyl halides is 12. The summed E-state index contributed by atoms with van der Waals surface area (Å²) in [5.74, 6) is 0.0156. The first-order chi connectivity index (χ1) is 28.5. The maximum atomic E-state index is 14.2. The van der Waals surface area contributed by atoms with Gasteiger partial charge >= 0.3 is 24.7 Å². The van der Waals surface area contributed by atoms with Gasteiger partial charge in [-0.15, -0.1) is 0 Å². The van der Waals surface area contributed by atoms with Crippen LogP contribution in [0.1, 0.15) is 44.5 Å². The summed E-state index contributed by atoms with van der Waals surface area (Å²) < 4.78 is 171. The lowest BCUT2D eigenvalue weighted by atomic mass is 9.76. The summed E-state index contributed by atoms with van der Waals surface area (Å²) in [7, 11) is 0. The summed E-state index contributed by atoms with van der Waals surface area (Å²) in [6, 6.07) is 22.0. The molecule has 0 aromatic heterocycles. The molecule has 0 bridgehead atoms. The number of guanidine groups is 1. The van der Waals surface area contributed by atoms with Crippen LogP contribution in [0.4, 0.5) is 52.7 Å². The van der Waals surface area contributed by atoms with Crippen LogP contribution in [0.15, 0.2) is 114 Å². The molecule has 0 unspecified atom stereocenters. The molecule has 1 saturated heterocycles. The van der Waals surface area contributed by atoms with E-state index < -0.39 is 81.7 Å². The summed E-state index contributed by atoms with van der Waals surface area (Å²) in [4.78, 5) is 6.35. The molecule has 61 heavy (non-hydrogen) atoms. The lowest BCUT2D eigenvalue weighted by Crippen LogP contribution is -2.49. The Hall–Kier alpha value is -5.77. The quantitative estimate of drug-likeness (QED) is 0.174. The molecule has 9 rings (SSSR count). The van der Waals surface area contributed by atoms with E-state index >= 15 is 0 Å². The SMILES string of the molecule is OC(c1cc(C(F)(F)F)cc(C(F)(F)F)c1)(c1cc(C(F)(F)F)cc(C(F)(F)F)c1)[C@@H]1CN2CC3(CN=C2N1)Cc1ccc2ccccc2c1-c1c(ccc2ccccc12)C3. The highest BCUT2D eigenvalue weighted by Gasteiger charge is 2.52. The average Bonchev–Trinajstić information content (AvgIpc) is 3.56. The molecule has 6 aromatic rings. The van der Waals surface area contributed by atoms with Crippen molar-refractivity contribution in [2.45, 2.75) is 49.2 Å². The number of nitrogens with zero attached hydrogens (tertiary/aromatic N) is 2. The van der Waals surface area contributed by atoms with Crippen molar-refractivity contribution in [2.24, 2.45) is 10.4 Å². The molecule has 4 nitrogen and oxygen atoms in total. The summed E-state index contributed by atoms with van der Waals surface area (Å²) in [6.07, 6.45) is -21.0. The Morgan fingerprint density at radius 2 is 0.934 bits per heavy atom. The average molecular weight is 858 g/mol. The Morgan fingerprint density at radius 1 is 0.541 bits per heavy atom. The maximum absolute atomic E-state index is 14.2. The van der Waals surface area contributed by atoms with Gasteiger partial charge in [0.2, 0.25) is 0 Å². The third-order valence-corrected chi connectivity index (χ3v) is 12.1. The fourth-order valence-electron chi connectivity index (χ4n) is 9.35. The highest BCUT2D eigenvalue weighted by molar-refractivity contribution is 6.08. The van der Waals surface area contributed by atoms with Gasteiger partial charge in [0.1, 0.15) is 5.60 Å². The lowest BCUT2D eigenvalue weighted by Gasteiger charge is -2.40. The molecule has 316 valence electrons. The Morgan fingerprint density at radius 3 is 1.34 bits per heavy atom. The van der Waals surface area contributed by atoms with E-state index in [0.29, 0.717) is 12.8 Å². The summed E-state index contributed by atoms with van der Waals surface area (Å²) in [6.45, 7) is -0.225. The van der Waals surface area contributed by atoms with Crippen molar-refractivity contribution in [1.29, 1.82) is 0 Å². The van der Waals surface area contributed by atoms with Crippen LogP contribution in [0.25, 0.3) is 32.7 Å². The van der Waals surface area contributed by atoms with E-state index in [0.717, 1.165) is 43.8 Å². The fraction of sp³-hybridized carbons (Fsp3) is 0.267. The van der Waals surface area contributed by atoms with E-state index in [2.05, 4.69) is 5.32 Å². The van der Waals surface area contributed by atoms with Crippen molar-refractivity contribution in [3.63, 3.8) is 0 Å². The predicted molar refractivity (Wildman–Crippen MR) is 203 cm³/mol. The molecule has 1 fully saturated rings. The van der Waals surface area contributed by atoms with Gasteiger partial charge in [-0.25, -0.2) is 0 Å². The first kappa shape index (κ1) is 40.6. The van der Waals surface area contributed by atoms with Crippen LogP contribution in [-0.4, -0.2) is 41.6 Å². The number of aliphatic hydroxyl groups is 1. The van der Waals surface area contributed by atoms with E-state index in [1.54, 1.807) is 4.90 Å². The van der Waals surface area contributed by atoms with E-state index in [9.17, 15) is 57.8 Å². The standard InChI is InChI=1S/C45H31F12N3O/c46-42(47,48)30-13-28(14-31(17-30)43(49,50)51)41(61,29-15-32(44(52,53)54)18-33(16-29)45(55,56)57)36-21-60-23-40(22-58-39(60)59-36)19-26-11-9-24-5-1-3-7-34(24)37(26)38-27(20-40)12-10-25-6-2-4-8-35(25)38/h1-18,36,61H,19-23H2,(H,58,59)/t36-/m0/s1. The second-order valence-electron chi connectivity index (χ2n) is 16.1. The van der Waals surface area contributed by atoms with Crippen molar-refractivity contribution >= 4 is 27.5 Å². The number of rotatable bonds is 3. The Kier molecular flexibility index (Phi) is 9.07. The number of aliphatic imine (C=N–C) groups is 1. The number of benzene rings is 6. The van der Waals surface area contributed by atoms with Crippen LogP contribution in [0.5, 0.6) is 0 Å². The topological polar surface area (TPSA) is 47.9 Å². The summed E-state index contributed by atoms with van der Waals surface area (Å²) >= 11 is 0. The lowest BCUT2D eigenvalue weighted by molar-refractivity contribution is -0.144. The molecule has 1 spiro atoms. The molecule has 1 atom stereocenters. The van der Waals surface area contributed by atoms with Crippen molar-refractivity contribution in [2.75, 3.05) is 19.6 Å². The molecule has 2 aliphatic heterocycles. The highest BCUT2D eigenvalue weighted by atomic mass is 19.4. The molecule has 2 heterocycles. The molecule has 0 amide bonds. The van der Waals surface area contributed by atoms with Gasteiger partial charge in [-0.1, -0.05) is 72.8 Å².